The predicted octanol–water partition coefficient (Wildman–Crippen LogP) is 2.18. The zero-order valence-corrected chi connectivity index (χ0v) is 10.5. The smallest absolute Gasteiger partial charge is 0.219 e. The number of ether oxygens (including phenoxy) is 1. The second kappa shape index (κ2) is 5.18. The summed E-state index contributed by atoms with van der Waals surface area (Å²) in [6.07, 6.45) is 1.53. The van der Waals surface area contributed by atoms with E-state index in [4.69, 9.17) is 10.5 Å². The second-order valence-corrected chi connectivity index (χ2v) is 3.90. The van der Waals surface area contributed by atoms with E-state index < -0.39 is 0 Å². The average Bonchev–Trinajstić information content (AvgIpc) is 2.79. The molecule has 18 heavy (non-hydrogen) atoms. The van der Waals surface area contributed by atoms with Crippen molar-refractivity contribution in [2.45, 2.75) is 20.0 Å². The molecule has 4 nitrogen and oxygen atoms in total. The van der Waals surface area contributed by atoms with Gasteiger partial charge in [0.25, 0.3) is 0 Å². The molecule has 0 saturated heterocycles. The molecule has 0 aliphatic rings. The normalized spacial score (nSPS) is 10.7. The topological polar surface area (TPSA) is 53.1 Å². The molecule has 2 rings (SSSR count). The van der Waals surface area contributed by atoms with Crippen LogP contribution in [0.5, 0.6) is 5.75 Å². The van der Waals surface area contributed by atoms with Crippen molar-refractivity contribution < 1.29 is 9.13 Å². The average molecular weight is 249 g/mol. The maximum Gasteiger partial charge on any atom is 0.219 e. The van der Waals surface area contributed by atoms with E-state index in [2.05, 4.69) is 5.10 Å². The molecule has 2 aromatic rings. The highest BCUT2D eigenvalue weighted by molar-refractivity contribution is 5.65. The summed E-state index contributed by atoms with van der Waals surface area (Å²) < 4.78 is 20.5. The summed E-state index contributed by atoms with van der Waals surface area (Å²) >= 11 is 0. The van der Waals surface area contributed by atoms with Crippen molar-refractivity contribution in [3.63, 3.8) is 0 Å². The largest absolute Gasteiger partial charge is 0.496 e. The maximum absolute atomic E-state index is 14.0. The zero-order chi connectivity index (χ0) is 13.1. The summed E-state index contributed by atoms with van der Waals surface area (Å²) in [4.78, 5) is 0. The van der Waals surface area contributed by atoms with Crippen molar-refractivity contribution >= 4 is 0 Å². The molecule has 0 aliphatic carbocycles. The number of halogens is 1. The van der Waals surface area contributed by atoms with Crippen LogP contribution in [0.25, 0.3) is 11.1 Å². The number of aryl methyl sites for hydroxylation is 1. The first kappa shape index (κ1) is 12.6. The molecule has 96 valence electrons. The lowest BCUT2D eigenvalue weighted by molar-refractivity contribution is 0.410. The third kappa shape index (κ3) is 2.09. The first-order valence-corrected chi connectivity index (χ1v) is 5.80. The van der Waals surface area contributed by atoms with Gasteiger partial charge in [-0.25, -0.2) is 4.68 Å². The Labute approximate surface area is 105 Å². The van der Waals surface area contributed by atoms with Crippen molar-refractivity contribution in [2.24, 2.45) is 5.73 Å². The minimum Gasteiger partial charge on any atom is -0.496 e. The molecule has 0 amide bonds. The molecular weight excluding hydrogens is 233 g/mol. The van der Waals surface area contributed by atoms with Gasteiger partial charge < -0.3 is 10.5 Å². The van der Waals surface area contributed by atoms with Gasteiger partial charge in [-0.3, -0.25) is 0 Å². The molecule has 2 N–H and O–H groups in total. The highest BCUT2D eigenvalue weighted by Crippen LogP contribution is 2.28. The van der Waals surface area contributed by atoms with E-state index in [1.165, 1.54) is 10.9 Å². The number of nitrogens with zero attached hydrogens (tertiary/aromatic N) is 2. The van der Waals surface area contributed by atoms with Crippen LogP contribution in [0, 0.1) is 5.95 Å². The molecule has 1 aromatic carbocycles. The predicted molar refractivity (Wildman–Crippen MR) is 67.7 cm³/mol. The molecule has 0 radical (unpaired) electrons. The molecule has 0 atom stereocenters. The lowest BCUT2D eigenvalue weighted by Gasteiger charge is -2.08. The molecule has 1 heterocycles. The molecule has 0 fully saturated rings. The van der Waals surface area contributed by atoms with Gasteiger partial charge in [-0.05, 0) is 24.6 Å². The molecule has 0 saturated carbocycles. The maximum atomic E-state index is 14.0. The van der Waals surface area contributed by atoms with Crippen LogP contribution in [0.1, 0.15) is 12.5 Å². The second-order valence-electron chi connectivity index (χ2n) is 3.90. The van der Waals surface area contributed by atoms with Gasteiger partial charge in [0.1, 0.15) is 5.75 Å². The number of aromatic nitrogens is 2. The molecule has 0 aliphatic heterocycles. The number of hydrogen-bond donors (Lipinski definition) is 1. The summed E-state index contributed by atoms with van der Waals surface area (Å²) in [7, 11) is 1.59. The molecule has 0 spiro atoms. The van der Waals surface area contributed by atoms with E-state index in [0.717, 1.165) is 11.1 Å². The van der Waals surface area contributed by atoms with Crippen molar-refractivity contribution in [3.05, 3.63) is 35.9 Å². The Bertz CT molecular complexity index is 551. The Hall–Kier alpha value is -1.88. The minimum atomic E-state index is -0.328. The Morgan fingerprint density at radius 1 is 1.44 bits per heavy atom. The van der Waals surface area contributed by atoms with Crippen LogP contribution in [0.15, 0.2) is 24.4 Å². The van der Waals surface area contributed by atoms with Gasteiger partial charge in [0, 0.05) is 18.7 Å². The van der Waals surface area contributed by atoms with Gasteiger partial charge in [-0.1, -0.05) is 6.07 Å². The number of methoxy groups -OCH3 is 1. The first-order valence-electron chi connectivity index (χ1n) is 5.80. The van der Waals surface area contributed by atoms with Crippen molar-refractivity contribution in [1.29, 1.82) is 0 Å². The monoisotopic (exact) mass is 249 g/mol. The summed E-state index contributed by atoms with van der Waals surface area (Å²) in [5.41, 5.74) is 7.73. The van der Waals surface area contributed by atoms with Crippen LogP contribution in [0.2, 0.25) is 0 Å². The minimum absolute atomic E-state index is 0.328. The van der Waals surface area contributed by atoms with Crippen LogP contribution in [-0.2, 0) is 13.1 Å². The summed E-state index contributed by atoms with van der Waals surface area (Å²) in [5.74, 6) is 0.384. The van der Waals surface area contributed by atoms with Crippen LogP contribution in [-0.4, -0.2) is 16.9 Å². The van der Waals surface area contributed by atoms with E-state index in [1.807, 2.05) is 13.0 Å². The van der Waals surface area contributed by atoms with Gasteiger partial charge >= 0.3 is 0 Å². The third-order valence-electron chi connectivity index (χ3n) is 2.89. The number of rotatable bonds is 4. The Balaban J connectivity index is 2.47. The van der Waals surface area contributed by atoms with E-state index in [1.54, 1.807) is 19.2 Å². The number of hydrogen-bond acceptors (Lipinski definition) is 3. The van der Waals surface area contributed by atoms with Crippen LogP contribution in [0.3, 0.4) is 0 Å². The van der Waals surface area contributed by atoms with Crippen molar-refractivity contribution in [1.82, 2.24) is 9.78 Å². The lowest BCUT2D eigenvalue weighted by Crippen LogP contribution is -2.01. The van der Waals surface area contributed by atoms with E-state index in [0.29, 0.717) is 24.4 Å². The van der Waals surface area contributed by atoms with E-state index in [-0.39, 0.29) is 5.95 Å². The van der Waals surface area contributed by atoms with Crippen molar-refractivity contribution in [2.75, 3.05) is 7.11 Å². The summed E-state index contributed by atoms with van der Waals surface area (Å²) in [6.45, 7) is 2.70. The zero-order valence-electron chi connectivity index (χ0n) is 10.5. The summed E-state index contributed by atoms with van der Waals surface area (Å²) in [6, 6.07) is 5.43. The van der Waals surface area contributed by atoms with Gasteiger partial charge in [0.15, 0.2) is 0 Å². The van der Waals surface area contributed by atoms with Gasteiger partial charge in [0.2, 0.25) is 5.95 Å². The fraction of sp³-hybridized carbons (Fsp3) is 0.308. The fourth-order valence-electron chi connectivity index (χ4n) is 1.89. The molecule has 5 heteroatoms. The highest BCUT2D eigenvalue weighted by atomic mass is 19.1. The SMILES string of the molecule is CCn1ncc(-c2ccc(OC)c(CN)c2)c1F. The Morgan fingerprint density at radius 3 is 2.78 bits per heavy atom. The lowest BCUT2D eigenvalue weighted by atomic mass is 10.1. The van der Waals surface area contributed by atoms with Gasteiger partial charge in [-0.2, -0.15) is 9.49 Å². The molecule has 0 bridgehead atoms. The van der Waals surface area contributed by atoms with Crippen LogP contribution in [0.4, 0.5) is 4.39 Å². The third-order valence-corrected chi connectivity index (χ3v) is 2.89. The molecule has 1 aromatic heterocycles. The first-order chi connectivity index (χ1) is 8.71. The van der Waals surface area contributed by atoms with E-state index >= 15 is 0 Å². The quantitative estimate of drug-likeness (QED) is 0.903. The summed E-state index contributed by atoms with van der Waals surface area (Å²) in [5, 5.41) is 3.99. The molecule has 0 unspecified atom stereocenters. The Kier molecular flexibility index (Phi) is 3.62. The standard InChI is InChI=1S/C13H16FN3O/c1-3-17-13(14)11(8-16-17)9-4-5-12(18-2)10(6-9)7-15/h4-6,8H,3,7,15H2,1-2H3. The highest BCUT2D eigenvalue weighted by Gasteiger charge is 2.12. The van der Waals surface area contributed by atoms with Gasteiger partial charge in [-0.15, -0.1) is 0 Å². The van der Waals surface area contributed by atoms with Crippen LogP contribution < -0.4 is 10.5 Å². The van der Waals surface area contributed by atoms with E-state index in [9.17, 15) is 4.39 Å². The van der Waals surface area contributed by atoms with Gasteiger partial charge in [0.05, 0.1) is 18.9 Å². The Morgan fingerprint density at radius 2 is 2.22 bits per heavy atom. The molecular formula is C13H16FN3O. The van der Waals surface area contributed by atoms with Crippen LogP contribution >= 0.6 is 0 Å². The number of nitrogens with two attached hydrogens (primary N) is 1. The fourth-order valence-corrected chi connectivity index (χ4v) is 1.89. The van der Waals surface area contributed by atoms with Crippen molar-refractivity contribution in [3.8, 4) is 16.9 Å². The number of benzene rings is 1.